The summed E-state index contributed by atoms with van der Waals surface area (Å²) in [6, 6.07) is 7.51. The third-order valence-electron chi connectivity index (χ3n) is 2.73. The molecule has 0 saturated heterocycles. The Morgan fingerprint density at radius 3 is 2.70 bits per heavy atom. The van der Waals surface area contributed by atoms with Crippen LogP contribution in [-0.4, -0.2) is 15.7 Å². The molecule has 0 unspecified atom stereocenters. The minimum absolute atomic E-state index is 0.0114. The van der Waals surface area contributed by atoms with Crippen LogP contribution in [0.2, 0.25) is 0 Å². The highest BCUT2D eigenvalue weighted by atomic mass is 16.6. The fourth-order valence-electron chi connectivity index (χ4n) is 1.71. The van der Waals surface area contributed by atoms with Gasteiger partial charge in [-0.2, -0.15) is 0 Å². The number of rotatable bonds is 4. The summed E-state index contributed by atoms with van der Waals surface area (Å²) in [6.07, 6.45) is 1.52. The van der Waals surface area contributed by atoms with E-state index in [-0.39, 0.29) is 17.4 Å². The van der Waals surface area contributed by atoms with Gasteiger partial charge in [0, 0.05) is 18.3 Å². The summed E-state index contributed by atoms with van der Waals surface area (Å²) < 4.78 is 5.58. The first-order valence-electron chi connectivity index (χ1n) is 5.88. The Balaban J connectivity index is 2.36. The number of hydrogen-bond donors (Lipinski definition) is 0. The van der Waals surface area contributed by atoms with E-state index < -0.39 is 4.92 Å². The zero-order valence-electron chi connectivity index (χ0n) is 11.0. The molecule has 2 rings (SSSR count). The van der Waals surface area contributed by atoms with Crippen LogP contribution in [0.4, 0.5) is 5.69 Å². The molecule has 1 heterocycles. The van der Waals surface area contributed by atoms with E-state index in [2.05, 4.69) is 4.98 Å². The minimum Gasteiger partial charge on any atom is -0.438 e. The summed E-state index contributed by atoms with van der Waals surface area (Å²) in [5, 5.41) is 10.7. The predicted octanol–water partition coefficient (Wildman–Crippen LogP) is 3.29. The first kappa shape index (κ1) is 13.7. The minimum atomic E-state index is -0.474. The molecule has 0 aliphatic carbocycles. The number of pyridine rings is 1. The van der Waals surface area contributed by atoms with Crippen molar-refractivity contribution >= 4 is 11.5 Å². The third-order valence-corrected chi connectivity index (χ3v) is 2.73. The van der Waals surface area contributed by atoms with E-state index in [0.29, 0.717) is 16.9 Å². The summed E-state index contributed by atoms with van der Waals surface area (Å²) in [7, 11) is 0. The molecule has 0 bridgehead atoms. The van der Waals surface area contributed by atoms with Crippen molar-refractivity contribution < 1.29 is 14.5 Å². The topological polar surface area (TPSA) is 82.3 Å². The number of nitrogens with zero attached hydrogens (tertiary/aromatic N) is 2. The first-order valence-corrected chi connectivity index (χ1v) is 5.88. The summed E-state index contributed by atoms with van der Waals surface area (Å²) in [5.74, 6) is 0.460. The molecule has 0 aliphatic rings. The number of Topliss-reactive ketones (excluding diaryl/α,β-unsaturated/α-hetero) is 1. The monoisotopic (exact) mass is 272 g/mol. The molecule has 6 heteroatoms. The second-order valence-electron chi connectivity index (χ2n) is 4.22. The molecule has 0 amide bonds. The molecule has 2 aromatic rings. The molecule has 1 aromatic carbocycles. The molecule has 0 radical (unpaired) electrons. The maximum absolute atomic E-state index is 11.5. The van der Waals surface area contributed by atoms with Gasteiger partial charge in [-0.25, -0.2) is 4.98 Å². The van der Waals surface area contributed by atoms with Crippen LogP contribution in [0.1, 0.15) is 22.8 Å². The lowest BCUT2D eigenvalue weighted by Crippen LogP contribution is -2.00. The summed E-state index contributed by atoms with van der Waals surface area (Å²) >= 11 is 0. The van der Waals surface area contributed by atoms with Crippen molar-refractivity contribution in [2.24, 2.45) is 0 Å². The van der Waals surface area contributed by atoms with Crippen molar-refractivity contribution in [2.75, 3.05) is 0 Å². The number of nitro groups is 1. The average molecular weight is 272 g/mol. The largest absolute Gasteiger partial charge is 0.438 e. The van der Waals surface area contributed by atoms with E-state index >= 15 is 0 Å². The number of carbonyl (C=O) groups is 1. The SMILES string of the molecule is CC(=O)c1cccnc1Oc1ccc([N+](=O)[O-])cc1C. The predicted molar refractivity (Wildman–Crippen MR) is 72.1 cm³/mol. The Kier molecular flexibility index (Phi) is 3.74. The fraction of sp³-hybridized carbons (Fsp3) is 0.143. The fourth-order valence-corrected chi connectivity index (χ4v) is 1.71. The van der Waals surface area contributed by atoms with Crippen LogP contribution >= 0.6 is 0 Å². The quantitative estimate of drug-likeness (QED) is 0.484. The summed E-state index contributed by atoms with van der Waals surface area (Å²) in [6.45, 7) is 3.12. The maximum atomic E-state index is 11.5. The molecule has 20 heavy (non-hydrogen) atoms. The summed E-state index contributed by atoms with van der Waals surface area (Å²) in [5.41, 5.74) is 0.951. The van der Waals surface area contributed by atoms with Gasteiger partial charge in [-0.15, -0.1) is 0 Å². The number of non-ortho nitro benzene ring substituents is 1. The molecule has 102 valence electrons. The molecule has 0 aliphatic heterocycles. The normalized spacial score (nSPS) is 10.1. The van der Waals surface area contributed by atoms with Crippen LogP contribution in [-0.2, 0) is 0 Å². The number of carbonyl (C=O) groups excluding carboxylic acids is 1. The molecule has 0 saturated carbocycles. The molecule has 0 N–H and O–H groups in total. The van der Waals surface area contributed by atoms with E-state index in [9.17, 15) is 14.9 Å². The highest BCUT2D eigenvalue weighted by Crippen LogP contribution is 2.28. The lowest BCUT2D eigenvalue weighted by atomic mass is 10.2. The Morgan fingerprint density at radius 2 is 2.10 bits per heavy atom. The number of hydrogen-bond acceptors (Lipinski definition) is 5. The van der Waals surface area contributed by atoms with Gasteiger partial charge in [0.1, 0.15) is 5.75 Å². The second kappa shape index (κ2) is 5.48. The van der Waals surface area contributed by atoms with E-state index in [1.165, 1.54) is 31.3 Å². The van der Waals surface area contributed by atoms with E-state index in [0.717, 1.165) is 0 Å². The van der Waals surface area contributed by atoms with Gasteiger partial charge >= 0.3 is 0 Å². The van der Waals surface area contributed by atoms with Crippen LogP contribution in [0, 0.1) is 17.0 Å². The zero-order chi connectivity index (χ0) is 14.7. The number of benzene rings is 1. The van der Waals surface area contributed by atoms with Crippen LogP contribution in [0.3, 0.4) is 0 Å². The zero-order valence-corrected chi connectivity index (χ0v) is 11.0. The molecule has 0 spiro atoms. The molecular weight excluding hydrogens is 260 g/mol. The second-order valence-corrected chi connectivity index (χ2v) is 4.22. The van der Waals surface area contributed by atoms with Gasteiger partial charge in [0.15, 0.2) is 5.78 Å². The number of nitro benzene ring substituents is 1. The van der Waals surface area contributed by atoms with Crippen molar-refractivity contribution in [3.63, 3.8) is 0 Å². The van der Waals surface area contributed by atoms with E-state index in [1.807, 2.05) is 0 Å². The molecule has 1 aromatic heterocycles. The highest BCUT2D eigenvalue weighted by Gasteiger charge is 2.13. The van der Waals surface area contributed by atoms with E-state index in [1.54, 1.807) is 19.1 Å². The Morgan fingerprint density at radius 1 is 1.35 bits per heavy atom. The molecule has 0 fully saturated rings. The standard InChI is InChI=1S/C14H12N2O4/c1-9-8-11(16(18)19)5-6-13(9)20-14-12(10(2)17)4-3-7-15-14/h3-8H,1-2H3. The Hall–Kier alpha value is -2.76. The molecule has 6 nitrogen and oxygen atoms in total. The van der Waals surface area contributed by atoms with Crippen LogP contribution in [0.15, 0.2) is 36.5 Å². The van der Waals surface area contributed by atoms with Crippen LogP contribution < -0.4 is 4.74 Å². The Bertz CT molecular complexity index is 683. The number of ether oxygens (including phenoxy) is 1. The highest BCUT2D eigenvalue weighted by molar-refractivity contribution is 5.96. The van der Waals surface area contributed by atoms with Gasteiger partial charge in [-0.05, 0) is 37.6 Å². The smallest absolute Gasteiger partial charge is 0.269 e. The number of aryl methyl sites for hydroxylation is 1. The van der Waals surface area contributed by atoms with Crippen molar-refractivity contribution in [1.29, 1.82) is 0 Å². The molecular formula is C14H12N2O4. The lowest BCUT2D eigenvalue weighted by Gasteiger charge is -2.09. The van der Waals surface area contributed by atoms with Crippen molar-refractivity contribution in [3.05, 3.63) is 57.8 Å². The average Bonchev–Trinajstić information content (AvgIpc) is 2.41. The van der Waals surface area contributed by atoms with E-state index in [4.69, 9.17) is 4.74 Å². The van der Waals surface area contributed by atoms with Crippen LogP contribution in [0.25, 0.3) is 0 Å². The van der Waals surface area contributed by atoms with Gasteiger partial charge in [0.2, 0.25) is 5.88 Å². The number of aromatic nitrogens is 1. The summed E-state index contributed by atoms with van der Waals surface area (Å²) in [4.78, 5) is 25.7. The lowest BCUT2D eigenvalue weighted by molar-refractivity contribution is -0.384. The van der Waals surface area contributed by atoms with Gasteiger partial charge in [0.05, 0.1) is 10.5 Å². The maximum Gasteiger partial charge on any atom is 0.269 e. The van der Waals surface area contributed by atoms with Gasteiger partial charge in [-0.1, -0.05) is 0 Å². The van der Waals surface area contributed by atoms with Crippen molar-refractivity contribution in [2.45, 2.75) is 13.8 Å². The Labute approximate surface area is 115 Å². The van der Waals surface area contributed by atoms with Gasteiger partial charge in [-0.3, -0.25) is 14.9 Å². The van der Waals surface area contributed by atoms with Crippen molar-refractivity contribution in [3.8, 4) is 11.6 Å². The van der Waals surface area contributed by atoms with Crippen molar-refractivity contribution in [1.82, 2.24) is 4.98 Å². The van der Waals surface area contributed by atoms with Gasteiger partial charge in [0.25, 0.3) is 5.69 Å². The van der Waals surface area contributed by atoms with Crippen LogP contribution in [0.5, 0.6) is 11.6 Å². The first-order chi connectivity index (χ1) is 9.49. The number of ketones is 1. The third kappa shape index (κ3) is 2.80. The molecule has 0 atom stereocenters. The van der Waals surface area contributed by atoms with Gasteiger partial charge < -0.3 is 4.74 Å².